The zero-order valence-electron chi connectivity index (χ0n) is 17.1. The molecule has 0 bridgehead atoms. The van der Waals surface area contributed by atoms with E-state index in [0.29, 0.717) is 42.0 Å². The van der Waals surface area contributed by atoms with Crippen LogP contribution in [-0.2, 0) is 11.2 Å². The fourth-order valence-electron chi connectivity index (χ4n) is 4.20. The molecular formula is C23H32O4. The van der Waals surface area contributed by atoms with Gasteiger partial charge in [0.2, 0.25) is 0 Å². The third-order valence-electron chi connectivity index (χ3n) is 6.88. The molecule has 0 unspecified atom stereocenters. The Kier molecular flexibility index (Phi) is 6.50. The third-order valence-corrected chi connectivity index (χ3v) is 6.88. The maximum atomic E-state index is 12.2. The highest BCUT2D eigenvalue weighted by molar-refractivity contribution is 5.83. The van der Waals surface area contributed by atoms with E-state index in [0.717, 1.165) is 24.8 Å². The van der Waals surface area contributed by atoms with Crippen LogP contribution in [0.1, 0.15) is 74.9 Å². The van der Waals surface area contributed by atoms with Crippen molar-refractivity contribution in [2.24, 2.45) is 17.3 Å². The second-order valence-electron chi connectivity index (χ2n) is 8.46. The Morgan fingerprint density at radius 1 is 1.33 bits per heavy atom. The van der Waals surface area contributed by atoms with Crippen LogP contribution in [0.4, 0.5) is 0 Å². The standard InChI is InChI=1S/C23H32O4/c1-14(10-11-23(5)16(3)7-9-20(25)17(23)4)6-8-18-21(26)12-15(2)19(13-24)22(18)27/h6,12-13,16-17,26-27H,7-11H2,1-5H3/b14-6+/t16-,17+,23+/m0/s1. The van der Waals surface area contributed by atoms with Crippen molar-refractivity contribution >= 4 is 12.1 Å². The van der Waals surface area contributed by atoms with Gasteiger partial charge in [0, 0.05) is 17.9 Å². The lowest BCUT2D eigenvalue weighted by Crippen LogP contribution is -2.41. The Bertz CT molecular complexity index is 762. The van der Waals surface area contributed by atoms with Gasteiger partial charge < -0.3 is 10.2 Å². The molecule has 2 N–H and O–H groups in total. The Morgan fingerprint density at radius 3 is 2.63 bits per heavy atom. The minimum Gasteiger partial charge on any atom is -0.508 e. The average Bonchev–Trinajstić information content (AvgIpc) is 2.61. The van der Waals surface area contributed by atoms with Crippen molar-refractivity contribution in [3.05, 3.63) is 34.4 Å². The number of hydrogen-bond acceptors (Lipinski definition) is 4. The molecule has 1 aliphatic carbocycles. The number of Topliss-reactive ketones (excluding diaryl/α,β-unsaturated/α-hetero) is 1. The van der Waals surface area contributed by atoms with Crippen molar-refractivity contribution in [2.45, 2.75) is 66.7 Å². The highest BCUT2D eigenvalue weighted by atomic mass is 16.3. The summed E-state index contributed by atoms with van der Waals surface area (Å²) in [5.74, 6) is 0.825. The Morgan fingerprint density at radius 2 is 2.00 bits per heavy atom. The molecule has 27 heavy (non-hydrogen) atoms. The molecule has 0 amide bonds. The smallest absolute Gasteiger partial charge is 0.154 e. The van der Waals surface area contributed by atoms with E-state index in [4.69, 9.17) is 0 Å². The molecule has 0 spiro atoms. The summed E-state index contributed by atoms with van der Waals surface area (Å²) in [5, 5.41) is 20.4. The fourth-order valence-corrected chi connectivity index (χ4v) is 4.20. The summed E-state index contributed by atoms with van der Waals surface area (Å²) >= 11 is 0. The van der Waals surface area contributed by atoms with Gasteiger partial charge in [-0.05, 0) is 62.5 Å². The highest BCUT2D eigenvalue weighted by Crippen LogP contribution is 2.47. The van der Waals surface area contributed by atoms with Crippen LogP contribution < -0.4 is 0 Å². The summed E-state index contributed by atoms with van der Waals surface area (Å²) in [4.78, 5) is 23.3. The number of aromatic hydroxyl groups is 2. The van der Waals surface area contributed by atoms with Crippen LogP contribution >= 0.6 is 0 Å². The van der Waals surface area contributed by atoms with Gasteiger partial charge in [0.1, 0.15) is 17.3 Å². The van der Waals surface area contributed by atoms with Gasteiger partial charge in [-0.15, -0.1) is 0 Å². The van der Waals surface area contributed by atoms with E-state index in [9.17, 15) is 19.8 Å². The summed E-state index contributed by atoms with van der Waals surface area (Å²) < 4.78 is 0. The first-order chi connectivity index (χ1) is 12.6. The highest BCUT2D eigenvalue weighted by Gasteiger charge is 2.42. The largest absolute Gasteiger partial charge is 0.508 e. The number of benzene rings is 1. The normalized spacial score (nSPS) is 26.3. The molecule has 1 aromatic carbocycles. The van der Waals surface area contributed by atoms with Crippen LogP contribution in [0.2, 0.25) is 0 Å². The lowest BCUT2D eigenvalue weighted by molar-refractivity contribution is -0.132. The first-order valence-corrected chi connectivity index (χ1v) is 9.79. The molecule has 1 aliphatic rings. The maximum absolute atomic E-state index is 12.2. The molecule has 3 atom stereocenters. The van der Waals surface area contributed by atoms with Crippen molar-refractivity contribution in [3.8, 4) is 11.5 Å². The van der Waals surface area contributed by atoms with E-state index < -0.39 is 0 Å². The zero-order chi connectivity index (χ0) is 20.4. The monoisotopic (exact) mass is 372 g/mol. The molecule has 0 radical (unpaired) electrons. The summed E-state index contributed by atoms with van der Waals surface area (Å²) in [6, 6.07) is 1.51. The fraction of sp³-hybridized carbons (Fsp3) is 0.565. The van der Waals surface area contributed by atoms with Crippen molar-refractivity contribution in [2.75, 3.05) is 0 Å². The molecule has 0 aromatic heterocycles. The third kappa shape index (κ3) is 4.26. The molecule has 1 aromatic rings. The average molecular weight is 373 g/mol. The van der Waals surface area contributed by atoms with Crippen molar-refractivity contribution in [1.29, 1.82) is 0 Å². The topological polar surface area (TPSA) is 74.6 Å². The number of phenolic OH excluding ortho intramolecular Hbond substituents is 2. The molecule has 4 heteroatoms. The van der Waals surface area contributed by atoms with Gasteiger partial charge in [-0.3, -0.25) is 9.59 Å². The van der Waals surface area contributed by atoms with E-state index in [1.807, 2.05) is 13.0 Å². The van der Waals surface area contributed by atoms with Crippen LogP contribution in [0.3, 0.4) is 0 Å². The van der Waals surface area contributed by atoms with Gasteiger partial charge in [0.15, 0.2) is 6.29 Å². The number of carbonyl (C=O) groups excluding carboxylic acids is 2. The molecular weight excluding hydrogens is 340 g/mol. The first kappa shape index (κ1) is 21.2. The van der Waals surface area contributed by atoms with Crippen molar-refractivity contribution in [3.63, 3.8) is 0 Å². The molecule has 1 fully saturated rings. The van der Waals surface area contributed by atoms with E-state index in [1.165, 1.54) is 6.07 Å². The van der Waals surface area contributed by atoms with E-state index >= 15 is 0 Å². The summed E-state index contributed by atoms with van der Waals surface area (Å²) in [6.45, 7) is 10.2. The summed E-state index contributed by atoms with van der Waals surface area (Å²) in [6.07, 6.45) is 6.43. The molecule has 0 saturated heterocycles. The predicted octanol–water partition coefficient (Wildman–Crippen LogP) is 5.13. The number of hydrogen-bond donors (Lipinski definition) is 2. The van der Waals surface area contributed by atoms with E-state index in [-0.39, 0.29) is 28.4 Å². The minimum absolute atomic E-state index is 0.00323. The predicted molar refractivity (Wildman–Crippen MR) is 107 cm³/mol. The van der Waals surface area contributed by atoms with E-state index in [1.54, 1.807) is 6.92 Å². The SMILES string of the molecule is C/C(=C\Cc1c(O)cc(C)c(C=O)c1O)CC[C@@]1(C)[C@H](C)C(=O)CC[C@@H]1C. The first-order valence-electron chi connectivity index (χ1n) is 9.79. The summed E-state index contributed by atoms with van der Waals surface area (Å²) in [5.41, 5.74) is 2.32. The number of aldehydes is 1. The number of carbonyl (C=O) groups is 2. The Labute approximate surface area is 162 Å². The lowest BCUT2D eigenvalue weighted by Gasteiger charge is -2.44. The Hall–Kier alpha value is -2.10. The van der Waals surface area contributed by atoms with E-state index in [2.05, 4.69) is 20.8 Å². The number of rotatable bonds is 6. The molecule has 0 aliphatic heterocycles. The number of allylic oxidation sites excluding steroid dienone is 2. The molecule has 148 valence electrons. The van der Waals surface area contributed by atoms with Gasteiger partial charge in [-0.25, -0.2) is 0 Å². The number of ketones is 1. The van der Waals surface area contributed by atoms with Crippen LogP contribution in [0.15, 0.2) is 17.7 Å². The van der Waals surface area contributed by atoms with Crippen molar-refractivity contribution in [1.82, 2.24) is 0 Å². The van der Waals surface area contributed by atoms with Gasteiger partial charge in [0.25, 0.3) is 0 Å². The summed E-state index contributed by atoms with van der Waals surface area (Å²) in [7, 11) is 0. The molecule has 0 heterocycles. The van der Waals surface area contributed by atoms with Gasteiger partial charge >= 0.3 is 0 Å². The van der Waals surface area contributed by atoms with Crippen LogP contribution in [0.25, 0.3) is 0 Å². The Balaban J connectivity index is 2.11. The van der Waals surface area contributed by atoms with Crippen LogP contribution in [0, 0.1) is 24.2 Å². The quantitative estimate of drug-likeness (QED) is 0.536. The molecule has 1 saturated carbocycles. The van der Waals surface area contributed by atoms with Crippen molar-refractivity contribution < 1.29 is 19.8 Å². The minimum atomic E-state index is -0.140. The zero-order valence-corrected chi connectivity index (χ0v) is 17.1. The number of phenols is 2. The van der Waals surface area contributed by atoms with Gasteiger partial charge in [-0.2, -0.15) is 0 Å². The molecule has 2 rings (SSSR count). The number of aryl methyl sites for hydroxylation is 1. The molecule has 4 nitrogen and oxygen atoms in total. The van der Waals surface area contributed by atoms with Gasteiger partial charge in [-0.1, -0.05) is 32.4 Å². The van der Waals surface area contributed by atoms with Crippen LogP contribution in [-0.4, -0.2) is 22.3 Å². The van der Waals surface area contributed by atoms with Crippen LogP contribution in [0.5, 0.6) is 11.5 Å². The second kappa shape index (κ2) is 8.28. The maximum Gasteiger partial charge on any atom is 0.154 e. The lowest BCUT2D eigenvalue weighted by atomic mass is 9.59. The van der Waals surface area contributed by atoms with Gasteiger partial charge in [0.05, 0.1) is 5.56 Å². The second-order valence-corrected chi connectivity index (χ2v) is 8.46.